The highest BCUT2D eigenvalue weighted by molar-refractivity contribution is 5.69. The summed E-state index contributed by atoms with van der Waals surface area (Å²) in [5.74, 6) is 0. The van der Waals surface area contributed by atoms with Gasteiger partial charge in [0.1, 0.15) is 0 Å². The van der Waals surface area contributed by atoms with Gasteiger partial charge in [0.05, 0.1) is 16.3 Å². The summed E-state index contributed by atoms with van der Waals surface area (Å²) in [6, 6.07) is 4.57. The van der Waals surface area contributed by atoms with Crippen molar-refractivity contribution in [3.05, 3.63) is 28.3 Å². The molecular formula is C13H19N3O2. The van der Waals surface area contributed by atoms with Gasteiger partial charge in [-0.1, -0.05) is 19.8 Å². The molecule has 0 aromatic heterocycles. The SMILES string of the molecule is CC1(CNc2ccc([N+](=O)[O-])cc2N)CCCC1. The van der Waals surface area contributed by atoms with E-state index in [1.54, 1.807) is 6.07 Å². The Bertz CT molecular complexity index is 454. The van der Waals surface area contributed by atoms with Gasteiger partial charge in [-0.15, -0.1) is 0 Å². The van der Waals surface area contributed by atoms with Gasteiger partial charge in [0.2, 0.25) is 0 Å². The number of nitrogens with one attached hydrogen (secondary N) is 1. The van der Waals surface area contributed by atoms with Gasteiger partial charge in [-0.25, -0.2) is 0 Å². The highest BCUT2D eigenvalue weighted by atomic mass is 16.6. The van der Waals surface area contributed by atoms with Gasteiger partial charge < -0.3 is 11.1 Å². The number of nitrogens with two attached hydrogens (primary N) is 1. The second-order valence-electron chi connectivity index (χ2n) is 5.40. The van der Waals surface area contributed by atoms with Crippen LogP contribution in [-0.4, -0.2) is 11.5 Å². The quantitative estimate of drug-likeness (QED) is 0.488. The number of anilines is 2. The Kier molecular flexibility index (Phi) is 3.41. The first-order chi connectivity index (χ1) is 8.50. The molecule has 5 heteroatoms. The molecule has 1 saturated carbocycles. The zero-order valence-corrected chi connectivity index (χ0v) is 10.6. The van der Waals surface area contributed by atoms with Crippen LogP contribution in [0.4, 0.5) is 17.1 Å². The standard InChI is InChI=1S/C13H19N3O2/c1-13(6-2-3-7-13)9-15-12-5-4-10(16(17)18)8-11(12)14/h4-5,8,15H,2-3,6-7,9,14H2,1H3. The van der Waals surface area contributed by atoms with E-state index < -0.39 is 4.92 Å². The zero-order valence-electron chi connectivity index (χ0n) is 10.6. The fourth-order valence-corrected chi connectivity index (χ4v) is 2.54. The van der Waals surface area contributed by atoms with E-state index in [1.165, 1.54) is 37.8 Å². The van der Waals surface area contributed by atoms with Gasteiger partial charge in [0.15, 0.2) is 0 Å². The minimum atomic E-state index is -0.432. The molecule has 0 aliphatic heterocycles. The van der Waals surface area contributed by atoms with Gasteiger partial charge >= 0.3 is 0 Å². The largest absolute Gasteiger partial charge is 0.397 e. The number of hydrogen-bond donors (Lipinski definition) is 2. The molecule has 0 amide bonds. The Hall–Kier alpha value is -1.78. The molecule has 0 atom stereocenters. The molecular weight excluding hydrogens is 230 g/mol. The van der Waals surface area contributed by atoms with Crippen molar-refractivity contribution in [2.75, 3.05) is 17.6 Å². The third-order valence-corrected chi connectivity index (χ3v) is 3.76. The summed E-state index contributed by atoms with van der Waals surface area (Å²) >= 11 is 0. The number of non-ortho nitro benzene ring substituents is 1. The van der Waals surface area contributed by atoms with Gasteiger partial charge in [-0.3, -0.25) is 10.1 Å². The zero-order chi connectivity index (χ0) is 13.2. The molecule has 0 saturated heterocycles. The molecule has 1 aromatic rings. The number of nitro benzene ring substituents is 1. The number of hydrogen-bond acceptors (Lipinski definition) is 4. The van der Waals surface area contributed by atoms with Crippen LogP contribution in [0.2, 0.25) is 0 Å². The molecule has 1 aliphatic carbocycles. The average Bonchev–Trinajstić information content (AvgIpc) is 2.75. The van der Waals surface area contributed by atoms with E-state index in [1.807, 2.05) is 0 Å². The van der Waals surface area contributed by atoms with Gasteiger partial charge in [-0.2, -0.15) is 0 Å². The maximum Gasteiger partial charge on any atom is 0.271 e. The third kappa shape index (κ3) is 2.72. The lowest BCUT2D eigenvalue weighted by atomic mass is 9.89. The Morgan fingerprint density at radius 3 is 2.67 bits per heavy atom. The molecule has 2 rings (SSSR count). The van der Waals surface area contributed by atoms with Crippen LogP contribution in [0.5, 0.6) is 0 Å². The monoisotopic (exact) mass is 249 g/mol. The lowest BCUT2D eigenvalue weighted by Gasteiger charge is -2.24. The van der Waals surface area contributed by atoms with Crippen LogP contribution in [0.3, 0.4) is 0 Å². The lowest BCUT2D eigenvalue weighted by molar-refractivity contribution is -0.384. The smallest absolute Gasteiger partial charge is 0.271 e. The van der Waals surface area contributed by atoms with Gasteiger partial charge in [0.25, 0.3) is 5.69 Å². The fourth-order valence-electron chi connectivity index (χ4n) is 2.54. The van der Waals surface area contributed by atoms with Crippen molar-refractivity contribution in [2.45, 2.75) is 32.6 Å². The van der Waals surface area contributed by atoms with E-state index >= 15 is 0 Å². The highest BCUT2D eigenvalue weighted by Gasteiger charge is 2.28. The first kappa shape index (κ1) is 12.7. The van der Waals surface area contributed by atoms with E-state index in [2.05, 4.69) is 12.2 Å². The minimum Gasteiger partial charge on any atom is -0.397 e. The van der Waals surface area contributed by atoms with Crippen LogP contribution in [0.1, 0.15) is 32.6 Å². The number of nitrogens with zero attached hydrogens (tertiary/aromatic N) is 1. The molecule has 1 aromatic carbocycles. The van der Waals surface area contributed by atoms with Crippen molar-refractivity contribution in [2.24, 2.45) is 5.41 Å². The summed E-state index contributed by atoms with van der Waals surface area (Å²) in [4.78, 5) is 10.2. The maximum atomic E-state index is 10.6. The number of benzene rings is 1. The fraction of sp³-hybridized carbons (Fsp3) is 0.538. The van der Waals surface area contributed by atoms with Crippen LogP contribution in [0, 0.1) is 15.5 Å². The number of nitro groups is 1. The molecule has 0 unspecified atom stereocenters. The van der Waals surface area contributed by atoms with E-state index in [0.717, 1.165) is 12.2 Å². The summed E-state index contributed by atoms with van der Waals surface area (Å²) in [7, 11) is 0. The van der Waals surface area contributed by atoms with Crippen molar-refractivity contribution in [1.29, 1.82) is 0 Å². The molecule has 1 aliphatic rings. The minimum absolute atomic E-state index is 0.0325. The van der Waals surface area contributed by atoms with E-state index in [-0.39, 0.29) is 5.69 Å². The second kappa shape index (κ2) is 4.84. The first-order valence-corrected chi connectivity index (χ1v) is 6.28. The van der Waals surface area contributed by atoms with E-state index in [0.29, 0.717) is 11.1 Å². The van der Waals surface area contributed by atoms with Crippen molar-refractivity contribution in [3.8, 4) is 0 Å². The number of rotatable bonds is 4. The summed E-state index contributed by atoms with van der Waals surface area (Å²) in [5.41, 5.74) is 7.40. The number of nitrogen functional groups attached to an aromatic ring is 1. The van der Waals surface area contributed by atoms with Crippen molar-refractivity contribution < 1.29 is 4.92 Å². The van der Waals surface area contributed by atoms with Crippen LogP contribution in [0.15, 0.2) is 18.2 Å². The molecule has 0 spiro atoms. The third-order valence-electron chi connectivity index (χ3n) is 3.76. The Balaban J connectivity index is 2.03. The topological polar surface area (TPSA) is 81.2 Å². The predicted molar refractivity (Wildman–Crippen MR) is 72.6 cm³/mol. The molecule has 1 fully saturated rings. The molecule has 18 heavy (non-hydrogen) atoms. The normalized spacial score (nSPS) is 17.6. The Morgan fingerprint density at radius 1 is 1.44 bits per heavy atom. The molecule has 98 valence electrons. The summed E-state index contributed by atoms with van der Waals surface area (Å²) < 4.78 is 0. The highest BCUT2D eigenvalue weighted by Crippen LogP contribution is 2.38. The summed E-state index contributed by atoms with van der Waals surface area (Å²) in [5, 5.41) is 13.9. The molecule has 5 nitrogen and oxygen atoms in total. The lowest BCUT2D eigenvalue weighted by Crippen LogP contribution is -2.23. The van der Waals surface area contributed by atoms with Crippen LogP contribution in [0.25, 0.3) is 0 Å². The van der Waals surface area contributed by atoms with Crippen molar-refractivity contribution in [3.63, 3.8) is 0 Å². The Labute approximate surface area is 107 Å². The van der Waals surface area contributed by atoms with Gasteiger partial charge in [0, 0.05) is 18.7 Å². The predicted octanol–water partition coefficient (Wildman–Crippen LogP) is 3.17. The van der Waals surface area contributed by atoms with E-state index in [4.69, 9.17) is 5.73 Å². The van der Waals surface area contributed by atoms with Crippen molar-refractivity contribution in [1.82, 2.24) is 0 Å². The second-order valence-corrected chi connectivity index (χ2v) is 5.40. The Morgan fingerprint density at radius 2 is 2.11 bits per heavy atom. The molecule has 0 radical (unpaired) electrons. The van der Waals surface area contributed by atoms with Crippen LogP contribution < -0.4 is 11.1 Å². The molecule has 0 bridgehead atoms. The van der Waals surface area contributed by atoms with Crippen LogP contribution in [-0.2, 0) is 0 Å². The van der Waals surface area contributed by atoms with E-state index in [9.17, 15) is 10.1 Å². The molecule has 3 N–H and O–H groups in total. The summed E-state index contributed by atoms with van der Waals surface area (Å²) in [6.07, 6.45) is 5.03. The first-order valence-electron chi connectivity index (χ1n) is 6.28. The van der Waals surface area contributed by atoms with Crippen molar-refractivity contribution >= 4 is 17.1 Å². The van der Waals surface area contributed by atoms with Crippen LogP contribution >= 0.6 is 0 Å². The average molecular weight is 249 g/mol. The maximum absolute atomic E-state index is 10.6. The van der Waals surface area contributed by atoms with Gasteiger partial charge in [-0.05, 0) is 24.3 Å². The molecule has 0 heterocycles. The summed E-state index contributed by atoms with van der Waals surface area (Å²) in [6.45, 7) is 3.14.